The Balaban J connectivity index is 1.19. The quantitative estimate of drug-likeness (QED) is 0.0808. The number of halogens is 2. The number of aliphatic hydroxyl groups is 1. The van der Waals surface area contributed by atoms with Crippen LogP contribution in [0, 0.1) is 6.92 Å². The van der Waals surface area contributed by atoms with Crippen molar-refractivity contribution in [3.63, 3.8) is 0 Å². The third-order valence-electron chi connectivity index (χ3n) is 9.53. The Morgan fingerprint density at radius 3 is 2.25 bits per heavy atom. The van der Waals surface area contributed by atoms with Crippen molar-refractivity contribution in [2.45, 2.75) is 84.0 Å². The summed E-state index contributed by atoms with van der Waals surface area (Å²) in [6.07, 6.45) is -0.158. The number of aromatic nitrogens is 4. The van der Waals surface area contributed by atoms with E-state index >= 15 is 0 Å². The number of carbonyl (C=O) groups is 1. The van der Waals surface area contributed by atoms with E-state index in [9.17, 15) is 18.7 Å². The van der Waals surface area contributed by atoms with Crippen molar-refractivity contribution in [2.75, 3.05) is 11.9 Å². The molecule has 0 spiro atoms. The molecular formula is C42H47F2N5O5Si. The molecule has 0 aliphatic carbocycles. The predicted octanol–water partition coefficient (Wildman–Crippen LogP) is 7.63. The zero-order valence-electron chi connectivity index (χ0n) is 31.9. The number of imidazole rings is 1. The van der Waals surface area contributed by atoms with Gasteiger partial charge in [-0.2, -0.15) is 4.98 Å². The number of nitrogens with zero attached hydrogens (tertiary/aromatic N) is 4. The molecule has 0 saturated carbocycles. The number of alkyl halides is 2. The van der Waals surface area contributed by atoms with Crippen LogP contribution in [0.5, 0.6) is 5.75 Å². The molecule has 0 radical (unpaired) electrons. The summed E-state index contributed by atoms with van der Waals surface area (Å²) in [4.78, 5) is 22.4. The molecule has 1 amide bonds. The number of pyridine rings is 1. The van der Waals surface area contributed by atoms with Gasteiger partial charge in [0.15, 0.2) is 0 Å². The first kappa shape index (κ1) is 39.5. The Kier molecular flexibility index (Phi) is 11.6. The highest BCUT2D eigenvalue weighted by molar-refractivity contribution is 6.99. The van der Waals surface area contributed by atoms with Crippen LogP contribution in [0.25, 0.3) is 17.0 Å². The number of aryl methyl sites for hydroxylation is 1. The van der Waals surface area contributed by atoms with Gasteiger partial charge in [-0.15, -0.1) is 0 Å². The van der Waals surface area contributed by atoms with Crippen LogP contribution in [0.1, 0.15) is 69.4 Å². The van der Waals surface area contributed by atoms with Gasteiger partial charge in [-0.1, -0.05) is 98.7 Å². The zero-order chi connectivity index (χ0) is 39.4. The maximum Gasteiger partial charge on any atom is 0.274 e. The summed E-state index contributed by atoms with van der Waals surface area (Å²) in [5.74, 6) is 0.420. The third-order valence-corrected chi connectivity index (χ3v) is 14.6. The number of fused-ring (bicyclic) bond motifs is 1. The molecule has 6 rings (SSSR count). The van der Waals surface area contributed by atoms with E-state index in [-0.39, 0.29) is 24.0 Å². The number of nitrogens with one attached hydrogen (secondary N) is 1. The highest BCUT2D eigenvalue weighted by Crippen LogP contribution is 2.38. The molecule has 0 aliphatic heterocycles. The number of hydrogen-bond acceptors (Lipinski definition) is 8. The second kappa shape index (κ2) is 16.2. The van der Waals surface area contributed by atoms with Gasteiger partial charge in [0.2, 0.25) is 11.7 Å². The van der Waals surface area contributed by atoms with E-state index in [4.69, 9.17) is 13.7 Å². The first-order valence-electron chi connectivity index (χ1n) is 18.3. The summed E-state index contributed by atoms with van der Waals surface area (Å²) >= 11 is 0. The van der Waals surface area contributed by atoms with E-state index < -0.39 is 31.5 Å². The van der Waals surface area contributed by atoms with Crippen LogP contribution < -0.4 is 20.4 Å². The van der Waals surface area contributed by atoms with Crippen LogP contribution in [-0.4, -0.2) is 63.6 Å². The standard InChI is InChI=1S/C42H47F2N5O5Si/c1-28-18-19-29(24-33(28)46-40(50)34-27-45-36-25-30(20-22-49(34)36)52-23-13-21-42(5,6)51)39-47-37(53-48-39)26-35(38(43)44)54-55(41(2,3)4,31-14-9-7-10-15-31)32-16-11-8-12-17-32/h7-12,14-20,22,24-25,27,35,38,51H,13,21,23,26H2,1-6H3,(H,46,50)/t35-/m0/s1. The van der Waals surface area contributed by atoms with Crippen LogP contribution in [0.3, 0.4) is 0 Å². The summed E-state index contributed by atoms with van der Waals surface area (Å²) in [5, 5.41) is 18.3. The van der Waals surface area contributed by atoms with Crippen LogP contribution in [0.15, 0.2) is 108 Å². The van der Waals surface area contributed by atoms with Crippen molar-refractivity contribution >= 4 is 35.9 Å². The third kappa shape index (κ3) is 9.01. The molecular weight excluding hydrogens is 721 g/mol. The van der Waals surface area contributed by atoms with E-state index in [1.807, 2.05) is 94.4 Å². The highest BCUT2D eigenvalue weighted by Gasteiger charge is 2.52. The van der Waals surface area contributed by atoms with E-state index in [0.717, 1.165) is 15.9 Å². The SMILES string of the molecule is Cc1ccc(-c2noc(C[C@H](O[Si](c3ccccc3)(c3ccccc3)C(C)(C)C)C(F)F)n2)cc1NC(=O)c1cnc2cc(OCCCC(C)(C)O)ccn12. The molecule has 6 aromatic rings. The summed E-state index contributed by atoms with van der Waals surface area (Å²) in [6, 6.07) is 28.1. The first-order valence-corrected chi connectivity index (χ1v) is 20.2. The van der Waals surface area contributed by atoms with Crippen LogP contribution in [-0.2, 0) is 10.8 Å². The molecule has 0 aliphatic rings. The van der Waals surface area contributed by atoms with Gasteiger partial charge in [-0.05, 0) is 66.7 Å². The van der Waals surface area contributed by atoms with E-state index in [2.05, 4.69) is 20.4 Å². The molecule has 10 nitrogen and oxygen atoms in total. The van der Waals surface area contributed by atoms with Gasteiger partial charge in [-0.25, -0.2) is 13.8 Å². The Morgan fingerprint density at radius 1 is 0.964 bits per heavy atom. The molecule has 3 heterocycles. The lowest BCUT2D eigenvalue weighted by atomic mass is 10.0. The van der Waals surface area contributed by atoms with E-state index in [1.54, 1.807) is 48.7 Å². The van der Waals surface area contributed by atoms with Gasteiger partial charge in [0.25, 0.3) is 20.7 Å². The van der Waals surface area contributed by atoms with E-state index in [0.29, 0.717) is 47.8 Å². The fourth-order valence-corrected chi connectivity index (χ4v) is 11.4. The second-order valence-electron chi connectivity index (χ2n) is 15.4. The molecule has 0 saturated heterocycles. The maximum atomic E-state index is 15.0. The average Bonchev–Trinajstić information content (AvgIpc) is 3.80. The Hall–Kier alpha value is -5.24. The number of rotatable bonds is 15. The van der Waals surface area contributed by atoms with Crippen molar-refractivity contribution < 1.29 is 32.4 Å². The highest BCUT2D eigenvalue weighted by atomic mass is 28.4. The Labute approximate surface area is 320 Å². The number of amides is 1. The summed E-state index contributed by atoms with van der Waals surface area (Å²) in [7, 11) is -3.30. The van der Waals surface area contributed by atoms with Crippen LogP contribution in [0.4, 0.5) is 14.5 Å². The minimum Gasteiger partial charge on any atom is -0.493 e. The molecule has 13 heteroatoms. The van der Waals surface area contributed by atoms with Gasteiger partial charge in [0.1, 0.15) is 23.2 Å². The Morgan fingerprint density at radius 2 is 1.64 bits per heavy atom. The molecule has 3 aromatic heterocycles. The summed E-state index contributed by atoms with van der Waals surface area (Å²) < 4.78 is 49.7. The summed E-state index contributed by atoms with van der Waals surface area (Å²) in [5.41, 5.74) is 1.92. The fourth-order valence-electron chi connectivity index (χ4n) is 6.72. The number of carbonyl (C=O) groups excluding carboxylic acids is 1. The smallest absolute Gasteiger partial charge is 0.274 e. The minimum absolute atomic E-state index is 0.00991. The van der Waals surface area contributed by atoms with E-state index in [1.165, 1.54) is 6.20 Å². The van der Waals surface area contributed by atoms with Crippen LogP contribution >= 0.6 is 0 Å². The average molecular weight is 768 g/mol. The molecule has 0 unspecified atom stereocenters. The fraction of sp³-hybridized carbons (Fsp3) is 0.333. The molecule has 0 fully saturated rings. The second-order valence-corrected chi connectivity index (χ2v) is 19.6. The number of anilines is 1. The lowest BCUT2D eigenvalue weighted by Gasteiger charge is -2.44. The number of ether oxygens (including phenoxy) is 1. The molecule has 2 N–H and O–H groups in total. The Bertz CT molecular complexity index is 2180. The maximum absolute atomic E-state index is 15.0. The van der Waals surface area contributed by atoms with Gasteiger partial charge in [-0.3, -0.25) is 9.20 Å². The van der Waals surface area contributed by atoms with Crippen molar-refractivity contribution in [1.82, 2.24) is 19.5 Å². The molecule has 1 atom stereocenters. The van der Waals surface area contributed by atoms with Crippen molar-refractivity contribution in [1.29, 1.82) is 0 Å². The molecule has 3 aromatic carbocycles. The van der Waals surface area contributed by atoms with Gasteiger partial charge < -0.3 is 24.1 Å². The zero-order valence-corrected chi connectivity index (χ0v) is 32.9. The topological polar surface area (TPSA) is 124 Å². The monoisotopic (exact) mass is 767 g/mol. The lowest BCUT2D eigenvalue weighted by molar-refractivity contribution is 0.00243. The number of hydrogen-bond donors (Lipinski definition) is 2. The minimum atomic E-state index is -3.30. The predicted molar refractivity (Wildman–Crippen MR) is 211 cm³/mol. The normalized spacial score (nSPS) is 13.0. The first-order chi connectivity index (χ1) is 26.1. The largest absolute Gasteiger partial charge is 0.493 e. The van der Waals surface area contributed by atoms with Crippen LogP contribution in [0.2, 0.25) is 5.04 Å². The molecule has 55 heavy (non-hydrogen) atoms. The van der Waals surface area contributed by atoms with Crippen molar-refractivity contribution in [3.05, 3.63) is 121 Å². The van der Waals surface area contributed by atoms with Crippen molar-refractivity contribution in [2.24, 2.45) is 0 Å². The summed E-state index contributed by atoms with van der Waals surface area (Å²) in [6.45, 7) is 11.9. The molecule has 288 valence electrons. The number of benzene rings is 3. The van der Waals surface area contributed by atoms with Crippen molar-refractivity contribution in [3.8, 4) is 17.1 Å². The molecule has 0 bridgehead atoms. The lowest BCUT2D eigenvalue weighted by Crippen LogP contribution is -2.68. The van der Waals surface area contributed by atoms with Gasteiger partial charge in [0.05, 0.1) is 24.8 Å². The van der Waals surface area contributed by atoms with Gasteiger partial charge >= 0.3 is 0 Å². The van der Waals surface area contributed by atoms with Gasteiger partial charge in [0, 0.05) is 23.5 Å².